The predicted molar refractivity (Wildman–Crippen MR) is 117 cm³/mol. The molecule has 30 heavy (non-hydrogen) atoms. The van der Waals surface area contributed by atoms with Gasteiger partial charge in [-0.3, -0.25) is 5.32 Å². The molecule has 2 N–H and O–H groups in total. The normalized spacial score (nSPS) is 19.7. The largest absolute Gasteiger partial charge is 0.496 e. The summed E-state index contributed by atoms with van der Waals surface area (Å²) >= 11 is 0. The first-order chi connectivity index (χ1) is 14.7. The monoisotopic (exact) mass is 401 g/mol. The average Bonchev–Trinajstić information content (AvgIpc) is 3.22. The zero-order valence-electron chi connectivity index (χ0n) is 17.1. The van der Waals surface area contributed by atoms with E-state index in [-0.39, 0.29) is 12.1 Å². The number of ether oxygens (including phenoxy) is 2. The van der Waals surface area contributed by atoms with Gasteiger partial charge in [-0.2, -0.15) is 5.26 Å². The first kappa shape index (κ1) is 19.7. The van der Waals surface area contributed by atoms with Gasteiger partial charge < -0.3 is 14.8 Å². The second-order valence-corrected chi connectivity index (χ2v) is 6.98. The molecule has 1 aliphatic carbocycles. The molecule has 2 aromatic rings. The number of hydrogen-bond acceptors (Lipinski definition) is 7. The van der Waals surface area contributed by atoms with Crippen molar-refractivity contribution in [2.75, 3.05) is 26.6 Å². The first-order valence-corrected chi connectivity index (χ1v) is 9.70. The van der Waals surface area contributed by atoms with Gasteiger partial charge in [-0.25, -0.2) is 9.98 Å². The molecule has 0 saturated heterocycles. The van der Waals surface area contributed by atoms with Gasteiger partial charge in [0.2, 0.25) is 5.96 Å². The van der Waals surface area contributed by atoms with E-state index in [1.54, 1.807) is 26.4 Å². The van der Waals surface area contributed by atoms with Crippen LogP contribution >= 0.6 is 0 Å². The molecule has 7 nitrogen and oxygen atoms in total. The summed E-state index contributed by atoms with van der Waals surface area (Å²) in [5.74, 6) is 1.98. The molecule has 2 aliphatic rings. The number of allylic oxidation sites excluding steroid dienone is 1. The molecule has 0 radical (unpaired) electrons. The van der Waals surface area contributed by atoms with Crippen molar-refractivity contribution in [2.45, 2.75) is 18.5 Å². The van der Waals surface area contributed by atoms with Crippen LogP contribution < -0.4 is 20.1 Å². The highest BCUT2D eigenvalue weighted by atomic mass is 16.5. The van der Waals surface area contributed by atoms with Crippen molar-refractivity contribution in [1.82, 2.24) is 5.32 Å². The van der Waals surface area contributed by atoms with Crippen molar-refractivity contribution in [1.29, 1.82) is 5.26 Å². The predicted octanol–water partition coefficient (Wildman–Crippen LogP) is 3.46. The van der Waals surface area contributed by atoms with Crippen molar-refractivity contribution in [3.8, 4) is 17.6 Å². The fraction of sp³-hybridized carbons (Fsp3) is 0.261. The number of nitrogens with zero attached hydrogens (tertiary/aromatic N) is 3. The molecule has 0 spiro atoms. The minimum atomic E-state index is -0.181. The van der Waals surface area contributed by atoms with Crippen LogP contribution in [0.25, 0.3) is 0 Å². The van der Waals surface area contributed by atoms with Crippen molar-refractivity contribution in [2.24, 2.45) is 9.98 Å². The molecule has 1 heterocycles. The highest BCUT2D eigenvalue weighted by Crippen LogP contribution is 2.39. The van der Waals surface area contributed by atoms with Crippen LogP contribution in [0.15, 0.2) is 64.1 Å². The topological polar surface area (TPSA) is 91.0 Å². The molecule has 0 fully saturated rings. The number of nitrogens with one attached hydrogen (secondary N) is 2. The number of fused-ring (bicyclic) bond motifs is 1. The Morgan fingerprint density at radius 3 is 2.63 bits per heavy atom. The van der Waals surface area contributed by atoms with Gasteiger partial charge in [0, 0.05) is 28.8 Å². The number of rotatable bonds is 5. The van der Waals surface area contributed by atoms with E-state index in [0.717, 1.165) is 34.7 Å². The Hall–Kier alpha value is -3.63. The van der Waals surface area contributed by atoms with Crippen molar-refractivity contribution in [3.63, 3.8) is 0 Å². The van der Waals surface area contributed by atoms with Crippen molar-refractivity contribution >= 4 is 17.4 Å². The van der Waals surface area contributed by atoms with Gasteiger partial charge in [-0.15, -0.1) is 0 Å². The summed E-state index contributed by atoms with van der Waals surface area (Å²) in [5.41, 5.74) is 4.42. The van der Waals surface area contributed by atoms with E-state index in [1.807, 2.05) is 31.3 Å². The van der Waals surface area contributed by atoms with Crippen LogP contribution in [0.5, 0.6) is 11.5 Å². The molecule has 0 amide bonds. The number of guanidine groups is 1. The maximum Gasteiger partial charge on any atom is 0.224 e. The highest BCUT2D eigenvalue weighted by molar-refractivity contribution is 6.16. The Morgan fingerprint density at radius 2 is 1.90 bits per heavy atom. The molecule has 4 rings (SSSR count). The number of hydrogen-bond donors (Lipinski definition) is 2. The highest BCUT2D eigenvalue weighted by Gasteiger charge is 2.35. The number of likely N-dealkylation sites (N-methyl/N-ethyl adjacent to an activating group) is 1. The third-order valence-electron chi connectivity index (χ3n) is 5.34. The molecule has 2 atom stereocenters. The summed E-state index contributed by atoms with van der Waals surface area (Å²) in [6.45, 7) is 0. The Labute approximate surface area is 175 Å². The Balaban J connectivity index is 1.68. The third kappa shape index (κ3) is 3.53. The van der Waals surface area contributed by atoms with Gasteiger partial charge in [0.05, 0.1) is 25.5 Å². The molecular weight excluding hydrogens is 378 g/mol. The van der Waals surface area contributed by atoms with Crippen LogP contribution in [-0.4, -0.2) is 39.1 Å². The summed E-state index contributed by atoms with van der Waals surface area (Å²) in [5, 5.41) is 15.7. The summed E-state index contributed by atoms with van der Waals surface area (Å²) in [4.78, 5) is 9.56. The van der Waals surface area contributed by atoms with Crippen molar-refractivity contribution < 1.29 is 9.47 Å². The summed E-state index contributed by atoms with van der Waals surface area (Å²) < 4.78 is 10.9. The summed E-state index contributed by atoms with van der Waals surface area (Å²) in [6.07, 6.45) is 2.86. The van der Waals surface area contributed by atoms with Gasteiger partial charge in [0.25, 0.3) is 0 Å². The van der Waals surface area contributed by atoms with Crippen LogP contribution in [-0.2, 0) is 0 Å². The molecular formula is C23H23N5O2. The number of para-hydroxylation sites is 1. The fourth-order valence-electron chi connectivity index (χ4n) is 3.89. The minimum Gasteiger partial charge on any atom is -0.496 e. The van der Waals surface area contributed by atoms with E-state index in [9.17, 15) is 5.26 Å². The molecule has 0 bridgehead atoms. The molecule has 7 heteroatoms. The third-order valence-corrected chi connectivity index (χ3v) is 5.34. The molecule has 0 aromatic heterocycles. The average molecular weight is 401 g/mol. The van der Waals surface area contributed by atoms with E-state index in [1.165, 1.54) is 0 Å². The lowest BCUT2D eigenvalue weighted by molar-refractivity contribution is 0.409. The zero-order valence-corrected chi connectivity index (χ0v) is 17.1. The number of nitriles is 1. The number of aliphatic imine (C=N–C) groups is 2. The zero-order chi connectivity index (χ0) is 21.1. The van der Waals surface area contributed by atoms with E-state index < -0.39 is 0 Å². The molecule has 1 aliphatic heterocycles. The molecule has 0 saturated carbocycles. The van der Waals surface area contributed by atoms with E-state index in [0.29, 0.717) is 17.3 Å². The molecule has 1 unspecified atom stereocenters. The van der Waals surface area contributed by atoms with Gasteiger partial charge in [-0.1, -0.05) is 24.3 Å². The van der Waals surface area contributed by atoms with Gasteiger partial charge in [-0.05, 0) is 31.7 Å². The molecule has 2 aromatic carbocycles. The van der Waals surface area contributed by atoms with Crippen LogP contribution in [0.4, 0.5) is 5.69 Å². The number of benzene rings is 2. The minimum absolute atomic E-state index is 0.106. The lowest BCUT2D eigenvalue weighted by Gasteiger charge is -2.24. The second kappa shape index (κ2) is 8.39. The van der Waals surface area contributed by atoms with Crippen LogP contribution in [0.2, 0.25) is 0 Å². The standard InChI is InChI=1S/C23H23N5O2/c1-25-22-18-11-10-17(16-6-4-5-7-19(16)29-2)21(18)27-23(28-22)26-15-9-8-14(13-24)20(12-15)30-3/h4-9,11-12,17,22,25H,10H2,1-3H3,(H,26,28)/t17?,22-/m1/s1. The lowest BCUT2D eigenvalue weighted by atomic mass is 9.92. The molecule has 152 valence electrons. The van der Waals surface area contributed by atoms with Gasteiger partial charge in [0.1, 0.15) is 23.7 Å². The van der Waals surface area contributed by atoms with Crippen molar-refractivity contribution in [3.05, 3.63) is 65.2 Å². The van der Waals surface area contributed by atoms with Gasteiger partial charge >= 0.3 is 0 Å². The second-order valence-electron chi connectivity index (χ2n) is 6.98. The van der Waals surface area contributed by atoms with Gasteiger partial charge in [0.15, 0.2) is 0 Å². The maximum absolute atomic E-state index is 9.19. The quantitative estimate of drug-likeness (QED) is 0.801. The number of methoxy groups -OCH3 is 2. The fourth-order valence-corrected chi connectivity index (χ4v) is 3.89. The summed E-state index contributed by atoms with van der Waals surface area (Å²) in [6, 6.07) is 15.5. The lowest BCUT2D eigenvalue weighted by Crippen LogP contribution is -2.35. The van der Waals surface area contributed by atoms with Crippen LogP contribution in [0.1, 0.15) is 23.5 Å². The maximum atomic E-state index is 9.19. The van der Waals surface area contributed by atoms with E-state index >= 15 is 0 Å². The Kier molecular flexibility index (Phi) is 5.50. The SMILES string of the molecule is CN[C@@H]1N=C(Nc2ccc(C#N)c(OC)c2)N=C2C1=CCC2c1ccccc1OC. The smallest absolute Gasteiger partial charge is 0.224 e. The first-order valence-electron chi connectivity index (χ1n) is 9.70. The Morgan fingerprint density at radius 1 is 1.10 bits per heavy atom. The number of anilines is 1. The van der Waals surface area contributed by atoms with Crippen LogP contribution in [0, 0.1) is 11.3 Å². The summed E-state index contributed by atoms with van der Waals surface area (Å²) in [7, 11) is 5.12. The van der Waals surface area contributed by atoms with E-state index in [4.69, 9.17) is 19.5 Å². The van der Waals surface area contributed by atoms with E-state index in [2.05, 4.69) is 28.8 Å². The Bertz CT molecular complexity index is 1100. The van der Waals surface area contributed by atoms with Crippen LogP contribution in [0.3, 0.4) is 0 Å².